The summed E-state index contributed by atoms with van der Waals surface area (Å²) in [7, 11) is 0. The van der Waals surface area contributed by atoms with Crippen molar-refractivity contribution < 1.29 is 19.4 Å². The zero-order valence-corrected chi connectivity index (χ0v) is 5.09. The standard InChI is InChI=1S/C5H8O4/c1-5(2-6)3-8-4(7)9-5/h6H,2-3H2,1H3. The number of aliphatic hydroxyl groups is 1. The Morgan fingerprint density at radius 1 is 1.89 bits per heavy atom. The van der Waals surface area contributed by atoms with Crippen molar-refractivity contribution in [2.24, 2.45) is 0 Å². The maximum atomic E-state index is 10.3. The zero-order chi connectivity index (χ0) is 6.91. The molecule has 0 aromatic rings. The number of ether oxygens (including phenoxy) is 2. The van der Waals surface area contributed by atoms with Gasteiger partial charge in [0.1, 0.15) is 6.61 Å². The smallest absolute Gasteiger partial charge is 0.430 e. The molecule has 4 heteroatoms. The fourth-order valence-corrected chi connectivity index (χ4v) is 0.550. The first-order valence-electron chi connectivity index (χ1n) is 2.63. The number of aliphatic hydroxyl groups excluding tert-OH is 1. The van der Waals surface area contributed by atoms with Gasteiger partial charge in [-0.15, -0.1) is 0 Å². The van der Waals surface area contributed by atoms with Gasteiger partial charge in [-0.05, 0) is 6.92 Å². The van der Waals surface area contributed by atoms with Crippen LogP contribution in [0.25, 0.3) is 0 Å². The minimum Gasteiger partial charge on any atom is -0.430 e. The molecule has 0 amide bonds. The second-order valence-corrected chi connectivity index (χ2v) is 2.25. The first-order valence-corrected chi connectivity index (χ1v) is 2.63. The molecule has 1 fully saturated rings. The number of hydrogen-bond donors (Lipinski definition) is 1. The van der Waals surface area contributed by atoms with Gasteiger partial charge in [0, 0.05) is 0 Å². The Morgan fingerprint density at radius 3 is 2.78 bits per heavy atom. The van der Waals surface area contributed by atoms with Crippen LogP contribution in [0.15, 0.2) is 0 Å². The van der Waals surface area contributed by atoms with Gasteiger partial charge in [-0.25, -0.2) is 4.79 Å². The highest BCUT2D eigenvalue weighted by Crippen LogP contribution is 2.17. The van der Waals surface area contributed by atoms with E-state index >= 15 is 0 Å². The Balaban J connectivity index is 2.54. The molecule has 0 aliphatic carbocycles. The van der Waals surface area contributed by atoms with Gasteiger partial charge in [0.15, 0.2) is 5.60 Å². The molecule has 0 radical (unpaired) electrons. The van der Waals surface area contributed by atoms with E-state index in [9.17, 15) is 4.79 Å². The monoisotopic (exact) mass is 132 g/mol. The fourth-order valence-electron chi connectivity index (χ4n) is 0.550. The third kappa shape index (κ3) is 1.13. The van der Waals surface area contributed by atoms with E-state index in [0.717, 1.165) is 0 Å². The molecule has 0 saturated carbocycles. The molecule has 0 aromatic heterocycles. The van der Waals surface area contributed by atoms with E-state index in [2.05, 4.69) is 9.47 Å². The van der Waals surface area contributed by atoms with Crippen molar-refractivity contribution in [1.29, 1.82) is 0 Å². The van der Waals surface area contributed by atoms with Crippen molar-refractivity contribution in [1.82, 2.24) is 0 Å². The molecule has 0 spiro atoms. The minimum atomic E-state index is -0.808. The third-order valence-corrected chi connectivity index (χ3v) is 1.16. The summed E-state index contributed by atoms with van der Waals surface area (Å²) in [6.45, 7) is 1.55. The first-order chi connectivity index (χ1) is 4.16. The van der Waals surface area contributed by atoms with E-state index in [-0.39, 0.29) is 13.2 Å². The number of hydrogen-bond acceptors (Lipinski definition) is 4. The Hall–Kier alpha value is -0.770. The molecule has 1 heterocycles. The summed E-state index contributed by atoms with van der Waals surface area (Å²) in [5, 5.41) is 8.59. The van der Waals surface area contributed by atoms with Gasteiger partial charge >= 0.3 is 6.16 Å². The summed E-state index contributed by atoms with van der Waals surface area (Å²) in [6.07, 6.45) is -0.702. The molecule has 1 N–H and O–H groups in total. The van der Waals surface area contributed by atoms with Crippen LogP contribution in [-0.2, 0) is 9.47 Å². The predicted octanol–water partition coefficient (Wildman–Crippen LogP) is -0.0958. The van der Waals surface area contributed by atoms with Gasteiger partial charge in [-0.1, -0.05) is 0 Å². The lowest BCUT2D eigenvalue weighted by Crippen LogP contribution is -2.31. The lowest BCUT2D eigenvalue weighted by Gasteiger charge is -2.14. The summed E-state index contributed by atoms with van der Waals surface area (Å²) in [4.78, 5) is 10.3. The van der Waals surface area contributed by atoms with Crippen molar-refractivity contribution in [3.63, 3.8) is 0 Å². The number of cyclic esters (lactones) is 2. The Kier molecular flexibility index (Phi) is 1.32. The van der Waals surface area contributed by atoms with Gasteiger partial charge in [-0.3, -0.25) is 0 Å². The first kappa shape index (κ1) is 6.35. The van der Waals surface area contributed by atoms with E-state index in [0.29, 0.717) is 0 Å². The largest absolute Gasteiger partial charge is 0.509 e. The molecule has 1 unspecified atom stereocenters. The maximum Gasteiger partial charge on any atom is 0.509 e. The van der Waals surface area contributed by atoms with E-state index < -0.39 is 11.8 Å². The van der Waals surface area contributed by atoms with E-state index in [1.54, 1.807) is 6.92 Å². The van der Waals surface area contributed by atoms with Crippen LogP contribution in [0.1, 0.15) is 6.92 Å². The van der Waals surface area contributed by atoms with E-state index in [1.807, 2.05) is 0 Å². The Morgan fingerprint density at radius 2 is 2.56 bits per heavy atom. The highest BCUT2D eigenvalue weighted by Gasteiger charge is 2.36. The molecular weight excluding hydrogens is 124 g/mol. The quantitative estimate of drug-likeness (QED) is 0.506. The molecule has 4 nitrogen and oxygen atoms in total. The third-order valence-electron chi connectivity index (χ3n) is 1.16. The van der Waals surface area contributed by atoms with Crippen molar-refractivity contribution in [3.05, 3.63) is 0 Å². The highest BCUT2D eigenvalue weighted by molar-refractivity contribution is 5.62. The average Bonchev–Trinajstić information content (AvgIpc) is 2.13. The summed E-state index contributed by atoms with van der Waals surface area (Å²) < 4.78 is 9.02. The Bertz CT molecular complexity index is 133. The van der Waals surface area contributed by atoms with Gasteiger partial charge in [0.2, 0.25) is 0 Å². The highest BCUT2D eigenvalue weighted by atomic mass is 16.8. The molecule has 1 saturated heterocycles. The number of carbonyl (C=O) groups excluding carboxylic acids is 1. The summed E-state index contributed by atoms with van der Waals surface area (Å²) in [6, 6.07) is 0. The Labute approximate surface area is 52.4 Å². The van der Waals surface area contributed by atoms with Crippen molar-refractivity contribution in [2.75, 3.05) is 13.2 Å². The maximum absolute atomic E-state index is 10.3. The molecular formula is C5H8O4. The fraction of sp³-hybridized carbons (Fsp3) is 0.800. The number of carbonyl (C=O) groups is 1. The lowest BCUT2D eigenvalue weighted by atomic mass is 10.1. The molecule has 1 aliphatic rings. The SMILES string of the molecule is CC1(CO)COC(=O)O1. The molecule has 0 aromatic carbocycles. The van der Waals surface area contributed by atoms with Crippen LogP contribution < -0.4 is 0 Å². The zero-order valence-electron chi connectivity index (χ0n) is 5.09. The van der Waals surface area contributed by atoms with Crippen LogP contribution in [0, 0.1) is 0 Å². The second kappa shape index (κ2) is 1.88. The summed E-state index contributed by atoms with van der Waals surface area (Å²) in [5.41, 5.74) is -0.808. The van der Waals surface area contributed by atoms with E-state index in [1.165, 1.54) is 0 Å². The summed E-state index contributed by atoms with van der Waals surface area (Å²) in [5.74, 6) is 0. The van der Waals surface area contributed by atoms with Gasteiger partial charge < -0.3 is 14.6 Å². The molecule has 52 valence electrons. The summed E-state index contributed by atoms with van der Waals surface area (Å²) >= 11 is 0. The van der Waals surface area contributed by atoms with Crippen molar-refractivity contribution in [3.8, 4) is 0 Å². The van der Waals surface area contributed by atoms with Gasteiger partial charge in [-0.2, -0.15) is 0 Å². The molecule has 1 aliphatic heterocycles. The second-order valence-electron chi connectivity index (χ2n) is 2.25. The van der Waals surface area contributed by atoms with E-state index in [4.69, 9.17) is 5.11 Å². The van der Waals surface area contributed by atoms with Crippen LogP contribution in [0.5, 0.6) is 0 Å². The van der Waals surface area contributed by atoms with Crippen LogP contribution in [-0.4, -0.2) is 30.1 Å². The molecule has 1 atom stereocenters. The average molecular weight is 132 g/mol. The predicted molar refractivity (Wildman–Crippen MR) is 27.9 cm³/mol. The normalized spacial score (nSPS) is 33.8. The van der Waals surface area contributed by atoms with Crippen molar-refractivity contribution in [2.45, 2.75) is 12.5 Å². The van der Waals surface area contributed by atoms with Crippen molar-refractivity contribution >= 4 is 6.16 Å². The van der Waals surface area contributed by atoms with Crippen LogP contribution >= 0.6 is 0 Å². The minimum absolute atomic E-state index is 0.141. The van der Waals surface area contributed by atoms with Crippen LogP contribution in [0.4, 0.5) is 4.79 Å². The number of rotatable bonds is 1. The lowest BCUT2D eigenvalue weighted by molar-refractivity contribution is 0.0218. The topological polar surface area (TPSA) is 55.8 Å². The molecule has 1 rings (SSSR count). The van der Waals surface area contributed by atoms with Crippen LogP contribution in [0.3, 0.4) is 0 Å². The molecule has 9 heavy (non-hydrogen) atoms. The van der Waals surface area contributed by atoms with Gasteiger partial charge in [0.25, 0.3) is 0 Å². The van der Waals surface area contributed by atoms with Gasteiger partial charge in [0.05, 0.1) is 6.61 Å². The molecule has 0 bridgehead atoms. The van der Waals surface area contributed by atoms with Crippen LogP contribution in [0.2, 0.25) is 0 Å².